The predicted molar refractivity (Wildman–Crippen MR) is 231 cm³/mol. The molecular formula is C51H32N4OS. The van der Waals surface area contributed by atoms with E-state index >= 15 is 0 Å². The van der Waals surface area contributed by atoms with E-state index < -0.39 is 10.8 Å². The van der Waals surface area contributed by atoms with Crippen molar-refractivity contribution in [1.82, 2.24) is 19.5 Å². The van der Waals surface area contributed by atoms with Crippen molar-refractivity contribution in [2.24, 2.45) is 0 Å². The monoisotopic (exact) mass is 748 g/mol. The zero-order valence-electron chi connectivity index (χ0n) is 30.6. The lowest BCUT2D eigenvalue weighted by molar-refractivity contribution is 0.685. The molecule has 0 spiro atoms. The first-order valence-electron chi connectivity index (χ1n) is 18.9. The molecule has 0 aliphatic carbocycles. The van der Waals surface area contributed by atoms with Crippen molar-refractivity contribution in [2.75, 3.05) is 0 Å². The van der Waals surface area contributed by atoms with Gasteiger partial charge in [-0.1, -0.05) is 152 Å². The molecule has 0 fully saturated rings. The topological polar surface area (TPSA) is 60.7 Å². The van der Waals surface area contributed by atoms with Gasteiger partial charge in [-0.15, -0.1) is 0 Å². The van der Waals surface area contributed by atoms with Crippen LogP contribution in [0, 0.1) is 0 Å². The van der Waals surface area contributed by atoms with Crippen LogP contribution in [0.25, 0.3) is 95.0 Å². The minimum atomic E-state index is -1.19. The summed E-state index contributed by atoms with van der Waals surface area (Å²) < 4.78 is 15.8. The molecule has 0 saturated heterocycles. The lowest BCUT2D eigenvalue weighted by atomic mass is 10.00. The van der Waals surface area contributed by atoms with E-state index in [0.29, 0.717) is 17.5 Å². The minimum absolute atomic E-state index is 0.633. The van der Waals surface area contributed by atoms with Gasteiger partial charge in [0.2, 0.25) is 0 Å². The highest BCUT2D eigenvalue weighted by molar-refractivity contribution is 7.85. The molecule has 57 heavy (non-hydrogen) atoms. The molecule has 3 heterocycles. The predicted octanol–water partition coefficient (Wildman–Crippen LogP) is 12.5. The van der Waals surface area contributed by atoms with Crippen molar-refractivity contribution in [2.45, 2.75) is 9.79 Å². The summed E-state index contributed by atoms with van der Waals surface area (Å²) in [6.07, 6.45) is 0. The third-order valence-corrected chi connectivity index (χ3v) is 12.3. The Morgan fingerprint density at radius 2 is 0.860 bits per heavy atom. The Labute approximate surface area is 332 Å². The van der Waals surface area contributed by atoms with Gasteiger partial charge in [0.25, 0.3) is 0 Å². The first-order valence-corrected chi connectivity index (χ1v) is 20.1. The highest BCUT2D eigenvalue weighted by Gasteiger charge is 2.25. The number of benzene rings is 8. The first-order chi connectivity index (χ1) is 28.2. The van der Waals surface area contributed by atoms with Gasteiger partial charge in [0, 0.05) is 33.2 Å². The van der Waals surface area contributed by atoms with E-state index in [4.69, 9.17) is 15.0 Å². The Bertz CT molecular complexity index is 3130. The number of aromatic nitrogens is 4. The molecule has 0 amide bonds. The summed E-state index contributed by atoms with van der Waals surface area (Å²) in [5, 5.41) is 2.37. The first kappa shape index (κ1) is 33.1. The maximum absolute atomic E-state index is 13.5. The smallest absolute Gasteiger partial charge is 0.164 e. The Hall–Kier alpha value is -7.28. The van der Waals surface area contributed by atoms with E-state index in [1.54, 1.807) is 0 Å². The second-order valence-electron chi connectivity index (χ2n) is 14.2. The van der Waals surface area contributed by atoms with Gasteiger partial charge in [0.1, 0.15) is 0 Å². The molecule has 11 rings (SSSR count). The zero-order valence-corrected chi connectivity index (χ0v) is 31.4. The van der Waals surface area contributed by atoms with Crippen molar-refractivity contribution in [3.05, 3.63) is 194 Å². The number of hydrogen-bond acceptors (Lipinski definition) is 4. The molecule has 0 bridgehead atoms. The lowest BCUT2D eigenvalue weighted by Gasteiger charge is -2.12. The molecular weight excluding hydrogens is 717 g/mol. The van der Waals surface area contributed by atoms with Crippen LogP contribution in [0.15, 0.2) is 204 Å². The van der Waals surface area contributed by atoms with E-state index in [-0.39, 0.29) is 0 Å². The van der Waals surface area contributed by atoms with Crippen molar-refractivity contribution in [3.63, 3.8) is 0 Å². The summed E-state index contributed by atoms with van der Waals surface area (Å²) in [4.78, 5) is 16.5. The normalized spacial score (nSPS) is 13.2. The second-order valence-corrected chi connectivity index (χ2v) is 15.6. The number of para-hydroxylation sites is 1. The Kier molecular flexibility index (Phi) is 7.83. The van der Waals surface area contributed by atoms with Crippen LogP contribution in [-0.2, 0) is 10.8 Å². The largest absolute Gasteiger partial charge is 0.309 e. The fraction of sp³-hybridized carbons (Fsp3) is 0. The molecule has 1 atom stereocenters. The number of nitrogens with zero attached hydrogens (tertiary/aromatic N) is 4. The Morgan fingerprint density at radius 3 is 1.60 bits per heavy atom. The van der Waals surface area contributed by atoms with Gasteiger partial charge in [-0.25, -0.2) is 19.2 Å². The third kappa shape index (κ3) is 5.69. The molecule has 1 aliphatic rings. The summed E-state index contributed by atoms with van der Waals surface area (Å²) in [5.74, 6) is 1.92. The molecule has 8 aromatic carbocycles. The summed E-state index contributed by atoms with van der Waals surface area (Å²) in [6, 6.07) is 66.9. The molecule has 0 N–H and O–H groups in total. The quantitative estimate of drug-likeness (QED) is 0.170. The summed E-state index contributed by atoms with van der Waals surface area (Å²) >= 11 is 0. The fourth-order valence-corrected chi connectivity index (χ4v) is 9.48. The SMILES string of the molecule is O=S1c2ccccc2-c2ccc(-c3cccc(-n4c5ccccc5c5cc(-c6ccc(-c7nc(-c8ccccc8)nc(-c8ccccc8)n7)cc6)ccc54)c3)cc21. The van der Waals surface area contributed by atoms with Crippen LogP contribution in [0.5, 0.6) is 0 Å². The van der Waals surface area contributed by atoms with E-state index in [1.807, 2.05) is 78.9 Å². The lowest BCUT2D eigenvalue weighted by Crippen LogP contribution is -2.00. The highest BCUT2D eigenvalue weighted by atomic mass is 32.2. The van der Waals surface area contributed by atoms with Crippen LogP contribution in [0.2, 0.25) is 0 Å². The Morgan fingerprint density at radius 1 is 0.351 bits per heavy atom. The zero-order chi connectivity index (χ0) is 37.9. The fourth-order valence-electron chi connectivity index (χ4n) is 8.05. The number of rotatable bonds is 6. The van der Waals surface area contributed by atoms with Gasteiger partial charge < -0.3 is 4.57 Å². The average molecular weight is 749 g/mol. The number of fused-ring (bicyclic) bond motifs is 6. The molecule has 5 nitrogen and oxygen atoms in total. The van der Waals surface area contributed by atoms with Crippen LogP contribution >= 0.6 is 0 Å². The summed E-state index contributed by atoms with van der Waals surface area (Å²) in [6.45, 7) is 0. The summed E-state index contributed by atoms with van der Waals surface area (Å²) in [5.41, 5.74) is 12.6. The summed E-state index contributed by atoms with van der Waals surface area (Å²) in [7, 11) is -1.19. The van der Waals surface area contributed by atoms with Crippen LogP contribution in [-0.4, -0.2) is 23.7 Å². The maximum atomic E-state index is 13.5. The van der Waals surface area contributed by atoms with E-state index in [9.17, 15) is 4.21 Å². The molecule has 1 aliphatic heterocycles. The van der Waals surface area contributed by atoms with Crippen molar-refractivity contribution in [1.29, 1.82) is 0 Å². The van der Waals surface area contributed by atoms with Crippen LogP contribution in [0.1, 0.15) is 0 Å². The molecule has 0 saturated carbocycles. The van der Waals surface area contributed by atoms with Crippen LogP contribution < -0.4 is 0 Å². The van der Waals surface area contributed by atoms with Gasteiger partial charge in [-0.2, -0.15) is 0 Å². The molecule has 0 radical (unpaired) electrons. The second kappa shape index (κ2) is 13.5. The van der Waals surface area contributed by atoms with Gasteiger partial charge >= 0.3 is 0 Å². The van der Waals surface area contributed by atoms with Gasteiger partial charge in [0.05, 0.1) is 31.6 Å². The molecule has 2 aromatic heterocycles. The van der Waals surface area contributed by atoms with Gasteiger partial charge in [-0.05, 0) is 75.8 Å². The molecule has 268 valence electrons. The minimum Gasteiger partial charge on any atom is -0.309 e. The standard InChI is InChI=1S/C51H32N4OS/c56-57-47-21-10-8-19-42(47)43-28-26-39(32-48(43)57)37-16-11-17-40(30-37)55-45-20-9-7-18-41(45)44-31-38(27-29-46(44)55)33-22-24-36(25-23-33)51-53-49(34-12-3-1-4-13-34)52-50(54-51)35-14-5-2-6-15-35/h1-32H. The molecule has 1 unspecified atom stereocenters. The highest BCUT2D eigenvalue weighted by Crippen LogP contribution is 2.43. The van der Waals surface area contributed by atoms with Crippen molar-refractivity contribution < 1.29 is 4.21 Å². The van der Waals surface area contributed by atoms with Crippen molar-refractivity contribution >= 4 is 32.6 Å². The molecule has 10 aromatic rings. The van der Waals surface area contributed by atoms with Gasteiger partial charge in [0.15, 0.2) is 17.5 Å². The molecule has 6 heteroatoms. The number of hydrogen-bond donors (Lipinski definition) is 0. The van der Waals surface area contributed by atoms with E-state index in [2.05, 4.69) is 120 Å². The van der Waals surface area contributed by atoms with E-state index in [0.717, 1.165) is 76.6 Å². The Balaban J connectivity index is 0.958. The average Bonchev–Trinajstić information content (AvgIpc) is 3.77. The maximum Gasteiger partial charge on any atom is 0.164 e. The third-order valence-electron chi connectivity index (χ3n) is 10.8. The van der Waals surface area contributed by atoms with E-state index in [1.165, 1.54) is 10.8 Å². The van der Waals surface area contributed by atoms with Gasteiger partial charge in [-0.3, -0.25) is 0 Å². The van der Waals surface area contributed by atoms with Crippen LogP contribution in [0.3, 0.4) is 0 Å². The van der Waals surface area contributed by atoms with Crippen molar-refractivity contribution in [3.8, 4) is 73.2 Å². The van der Waals surface area contributed by atoms with Crippen LogP contribution in [0.4, 0.5) is 0 Å².